The molecule has 12 heteroatoms. The highest BCUT2D eigenvalue weighted by molar-refractivity contribution is 6.18. The monoisotopic (exact) mass is 542 g/mol. The number of piperazine rings is 1. The van der Waals surface area contributed by atoms with Gasteiger partial charge in [0.1, 0.15) is 0 Å². The van der Waals surface area contributed by atoms with Crippen molar-refractivity contribution in [3.05, 3.63) is 82.7 Å². The molecular formula is C27H29F3N6O3. The number of nitrogens with zero attached hydrogens (tertiary/aromatic N) is 3. The molecule has 3 N–H and O–H groups in total. The molecule has 3 amide bonds. The predicted molar refractivity (Wildman–Crippen MR) is 138 cm³/mol. The van der Waals surface area contributed by atoms with Gasteiger partial charge in [-0.1, -0.05) is 30.4 Å². The third-order valence-electron chi connectivity index (χ3n) is 6.43. The van der Waals surface area contributed by atoms with Gasteiger partial charge >= 0.3 is 12.2 Å². The number of amides is 3. The van der Waals surface area contributed by atoms with Crippen molar-refractivity contribution < 1.29 is 27.6 Å². The minimum Gasteiger partial charge on any atom is -0.350 e. The van der Waals surface area contributed by atoms with Crippen LogP contribution in [0.2, 0.25) is 0 Å². The van der Waals surface area contributed by atoms with E-state index in [0.29, 0.717) is 25.3 Å². The fourth-order valence-electron chi connectivity index (χ4n) is 4.36. The number of Topliss-reactive ketones (excluding diaryl/α,β-unsaturated/α-hetero) is 1. The summed E-state index contributed by atoms with van der Waals surface area (Å²) in [6, 6.07) is 7.97. The van der Waals surface area contributed by atoms with Crippen molar-refractivity contribution in [3.63, 3.8) is 0 Å². The fraction of sp³-hybridized carbons (Fsp3) is 0.333. The summed E-state index contributed by atoms with van der Waals surface area (Å²) in [5.41, 5.74) is 1.40. The lowest BCUT2D eigenvalue weighted by Crippen LogP contribution is -2.55. The lowest BCUT2D eigenvalue weighted by molar-refractivity contribution is -0.141. The first kappa shape index (κ1) is 27.8. The highest BCUT2D eigenvalue weighted by Gasteiger charge is 2.39. The quantitative estimate of drug-likeness (QED) is 0.504. The van der Waals surface area contributed by atoms with Gasteiger partial charge in [-0.05, 0) is 37.6 Å². The molecule has 1 aliphatic heterocycles. The van der Waals surface area contributed by atoms with E-state index in [-0.39, 0.29) is 30.9 Å². The van der Waals surface area contributed by atoms with Crippen LogP contribution in [0.3, 0.4) is 0 Å². The molecule has 206 valence electrons. The number of para-hydroxylation sites is 1. The van der Waals surface area contributed by atoms with Crippen LogP contribution in [0.25, 0.3) is 5.69 Å². The summed E-state index contributed by atoms with van der Waals surface area (Å²) in [4.78, 5) is 37.2. The molecule has 2 heterocycles. The molecule has 1 fully saturated rings. The summed E-state index contributed by atoms with van der Waals surface area (Å²) in [5, 5.41) is 11.8. The van der Waals surface area contributed by atoms with Gasteiger partial charge in [0.15, 0.2) is 11.5 Å². The molecule has 1 aromatic heterocycles. The van der Waals surface area contributed by atoms with Crippen LogP contribution in [-0.2, 0) is 11.0 Å². The zero-order valence-corrected chi connectivity index (χ0v) is 21.5. The van der Waals surface area contributed by atoms with E-state index in [2.05, 4.69) is 21.0 Å². The zero-order chi connectivity index (χ0) is 28.2. The van der Waals surface area contributed by atoms with Crippen molar-refractivity contribution in [2.24, 2.45) is 0 Å². The fourth-order valence-corrected chi connectivity index (χ4v) is 4.36. The van der Waals surface area contributed by atoms with Gasteiger partial charge in [0.05, 0.1) is 11.3 Å². The number of carbonyl (C=O) groups excluding carboxylic acids is 3. The minimum absolute atomic E-state index is 0.0150. The van der Waals surface area contributed by atoms with Crippen molar-refractivity contribution in [1.29, 1.82) is 0 Å². The molecule has 0 radical (unpaired) electrons. The Kier molecular flexibility index (Phi) is 8.34. The number of carbonyl (C=O) groups is 3. The maximum absolute atomic E-state index is 13.4. The van der Waals surface area contributed by atoms with Crippen LogP contribution in [0.1, 0.15) is 29.9 Å². The topological polar surface area (TPSA) is 108 Å². The van der Waals surface area contributed by atoms with E-state index in [1.807, 2.05) is 32.1 Å². The number of allylic oxidation sites excluding steroid dienone is 6. The first-order valence-electron chi connectivity index (χ1n) is 12.5. The molecule has 1 saturated heterocycles. The number of urea groups is 1. The summed E-state index contributed by atoms with van der Waals surface area (Å²) in [7, 11) is 0. The normalized spacial score (nSPS) is 18.1. The second kappa shape index (κ2) is 11.7. The Morgan fingerprint density at radius 3 is 2.41 bits per heavy atom. The van der Waals surface area contributed by atoms with E-state index in [1.165, 1.54) is 0 Å². The standard InChI is InChI=1S/C19H23F3N6O2.C8H6O/c1-13-11-23-9-10-27(13)18(30)25-8-7-24-17(29)15-12-28(14-5-3-2-4-6-14)26-16(15)19(20,21)22;1-5-4-6-2-3-7(5)8(6)9/h2-6,12-13,23H,7-11H2,1H3,(H,24,29)(H,25,30);2-4H,1H3. The molecule has 9 nitrogen and oxygen atoms in total. The van der Waals surface area contributed by atoms with E-state index in [0.717, 1.165) is 27.6 Å². The molecule has 0 spiro atoms. The van der Waals surface area contributed by atoms with Gasteiger partial charge in [0, 0.05) is 56.1 Å². The smallest absolute Gasteiger partial charge is 0.350 e. The maximum atomic E-state index is 13.4. The molecule has 5 rings (SSSR count). The Morgan fingerprint density at radius 2 is 1.85 bits per heavy atom. The van der Waals surface area contributed by atoms with Crippen LogP contribution in [-0.4, -0.2) is 71.2 Å². The second-order valence-corrected chi connectivity index (χ2v) is 9.26. The van der Waals surface area contributed by atoms with E-state index in [1.54, 1.807) is 35.2 Å². The van der Waals surface area contributed by atoms with Gasteiger partial charge in [-0.15, -0.1) is 0 Å². The lowest BCUT2D eigenvalue weighted by Gasteiger charge is -2.33. The van der Waals surface area contributed by atoms with Gasteiger partial charge in [0.25, 0.3) is 5.91 Å². The van der Waals surface area contributed by atoms with Crippen molar-refractivity contribution in [1.82, 2.24) is 30.6 Å². The number of nitrogens with one attached hydrogen (secondary N) is 3. The molecule has 2 bridgehead atoms. The van der Waals surface area contributed by atoms with Gasteiger partial charge in [-0.3, -0.25) is 9.59 Å². The Morgan fingerprint density at radius 1 is 1.13 bits per heavy atom. The van der Waals surface area contributed by atoms with Gasteiger partial charge in [-0.2, -0.15) is 18.3 Å². The van der Waals surface area contributed by atoms with E-state index < -0.39 is 23.3 Å². The minimum atomic E-state index is -4.78. The largest absolute Gasteiger partial charge is 0.435 e. The molecule has 2 aliphatic carbocycles. The average Bonchev–Trinajstić information content (AvgIpc) is 3.59. The predicted octanol–water partition coefficient (Wildman–Crippen LogP) is 3.01. The van der Waals surface area contributed by atoms with Crippen molar-refractivity contribution in [2.75, 3.05) is 32.7 Å². The summed E-state index contributed by atoms with van der Waals surface area (Å²) < 4.78 is 41.1. The summed E-state index contributed by atoms with van der Waals surface area (Å²) in [5.74, 6) is -0.707. The molecule has 1 unspecified atom stereocenters. The number of rotatable bonds is 5. The highest BCUT2D eigenvalue weighted by atomic mass is 19.4. The molecule has 1 aromatic carbocycles. The van der Waals surface area contributed by atoms with Crippen molar-refractivity contribution in [2.45, 2.75) is 26.1 Å². The van der Waals surface area contributed by atoms with Crippen LogP contribution in [0.5, 0.6) is 0 Å². The van der Waals surface area contributed by atoms with Crippen LogP contribution >= 0.6 is 0 Å². The number of fused-ring (bicyclic) bond motifs is 2. The maximum Gasteiger partial charge on any atom is 0.435 e. The SMILES string of the molecule is CC1=C2C=CC(=C1)C2=O.CC1CNCCN1C(=O)NCCNC(=O)c1cn(-c2ccccc2)nc1C(F)(F)F. The number of aromatic nitrogens is 2. The first-order valence-corrected chi connectivity index (χ1v) is 12.5. The third kappa shape index (κ3) is 6.45. The van der Waals surface area contributed by atoms with E-state index in [9.17, 15) is 27.6 Å². The number of ketones is 1. The summed E-state index contributed by atoms with van der Waals surface area (Å²) >= 11 is 0. The lowest BCUT2D eigenvalue weighted by atomic mass is 10.2. The van der Waals surface area contributed by atoms with Crippen molar-refractivity contribution in [3.8, 4) is 5.69 Å². The van der Waals surface area contributed by atoms with E-state index in [4.69, 9.17) is 0 Å². The Bertz CT molecular complexity index is 1340. The van der Waals surface area contributed by atoms with Crippen molar-refractivity contribution >= 4 is 17.7 Å². The summed E-state index contributed by atoms with van der Waals surface area (Å²) in [6.07, 6.45) is 1.95. The average molecular weight is 543 g/mol. The number of benzene rings is 1. The summed E-state index contributed by atoms with van der Waals surface area (Å²) in [6.45, 7) is 5.90. The Balaban J connectivity index is 0.000000327. The molecule has 39 heavy (non-hydrogen) atoms. The molecule has 1 atom stereocenters. The van der Waals surface area contributed by atoms with Gasteiger partial charge < -0.3 is 20.9 Å². The van der Waals surface area contributed by atoms with E-state index >= 15 is 0 Å². The van der Waals surface area contributed by atoms with Gasteiger partial charge in [-0.25, -0.2) is 9.48 Å². The Hall–Kier alpha value is -4.19. The van der Waals surface area contributed by atoms with Gasteiger partial charge in [0.2, 0.25) is 0 Å². The van der Waals surface area contributed by atoms with Crippen LogP contribution < -0.4 is 16.0 Å². The van der Waals surface area contributed by atoms with Crippen LogP contribution in [0, 0.1) is 0 Å². The molecular weight excluding hydrogens is 513 g/mol. The van der Waals surface area contributed by atoms with Crippen LogP contribution in [0.4, 0.5) is 18.0 Å². The molecule has 0 saturated carbocycles. The zero-order valence-electron chi connectivity index (χ0n) is 21.5. The number of hydrogen-bond acceptors (Lipinski definition) is 5. The number of alkyl halides is 3. The molecule has 2 aromatic rings. The Labute approximate surface area is 223 Å². The second-order valence-electron chi connectivity index (χ2n) is 9.26. The first-order chi connectivity index (χ1) is 18.6. The molecule has 3 aliphatic rings. The number of hydrogen-bond donors (Lipinski definition) is 3. The number of halogens is 3. The highest BCUT2D eigenvalue weighted by Crippen LogP contribution is 2.31. The third-order valence-corrected chi connectivity index (χ3v) is 6.43. The van der Waals surface area contributed by atoms with Crippen LogP contribution in [0.15, 0.2) is 71.5 Å².